The Hall–Kier alpha value is -2.71. The lowest BCUT2D eigenvalue weighted by Gasteiger charge is -2.45. The Morgan fingerprint density at radius 3 is 2.78 bits per heavy atom. The second-order valence-electron chi connectivity index (χ2n) is 9.89. The zero-order chi connectivity index (χ0) is 25.2. The minimum Gasteiger partial charge on any atom is -0.366 e. The van der Waals surface area contributed by atoms with Gasteiger partial charge in [-0.25, -0.2) is 26.9 Å². The third kappa shape index (κ3) is 4.14. The molecule has 2 saturated heterocycles. The number of pyridine rings is 1. The molecule has 0 radical (unpaired) electrons. The van der Waals surface area contributed by atoms with Gasteiger partial charge in [-0.1, -0.05) is 11.3 Å². The summed E-state index contributed by atoms with van der Waals surface area (Å²) in [7, 11) is -3.87. The van der Waals surface area contributed by atoms with Gasteiger partial charge in [-0.15, -0.1) is 10.2 Å². The number of rotatable bonds is 6. The molecule has 5 heterocycles. The van der Waals surface area contributed by atoms with E-state index in [1.165, 1.54) is 6.20 Å². The van der Waals surface area contributed by atoms with Crippen LogP contribution in [0, 0.1) is 0 Å². The lowest BCUT2D eigenvalue weighted by Crippen LogP contribution is -2.57. The predicted molar refractivity (Wildman–Crippen MR) is 129 cm³/mol. The number of nitrogens with zero attached hydrogens (tertiary/aromatic N) is 6. The van der Waals surface area contributed by atoms with Crippen molar-refractivity contribution in [3.05, 3.63) is 23.5 Å². The molecule has 2 aliphatic heterocycles. The fraction of sp³-hybridized carbons (Fsp3) is 0.545. The quantitative estimate of drug-likeness (QED) is 0.515. The second-order valence-corrected chi connectivity index (χ2v) is 12.6. The van der Waals surface area contributed by atoms with Crippen LogP contribution in [0.1, 0.15) is 50.5 Å². The number of anilines is 1. The van der Waals surface area contributed by atoms with Crippen molar-refractivity contribution in [3.8, 4) is 10.8 Å². The Kier molecular flexibility index (Phi) is 5.53. The first-order chi connectivity index (χ1) is 17.1. The van der Waals surface area contributed by atoms with Crippen molar-refractivity contribution in [2.45, 2.75) is 61.9 Å². The molecule has 0 aromatic carbocycles. The normalized spacial score (nSPS) is 21.9. The summed E-state index contributed by atoms with van der Waals surface area (Å²) in [6.07, 6.45) is 4.10. The van der Waals surface area contributed by atoms with Crippen LogP contribution in [-0.2, 0) is 14.8 Å². The van der Waals surface area contributed by atoms with Gasteiger partial charge in [0.2, 0.25) is 15.9 Å². The fourth-order valence-corrected chi connectivity index (χ4v) is 7.16. The lowest BCUT2D eigenvalue weighted by molar-refractivity contribution is -0.136. The largest absolute Gasteiger partial charge is 0.366 e. The number of hydrogen-bond acceptors (Lipinski definition) is 8. The zero-order valence-corrected chi connectivity index (χ0v) is 21.2. The zero-order valence-electron chi connectivity index (χ0n) is 19.5. The van der Waals surface area contributed by atoms with Crippen LogP contribution in [0.5, 0.6) is 0 Å². The van der Waals surface area contributed by atoms with E-state index >= 15 is 0 Å². The fourth-order valence-electron chi connectivity index (χ4n) is 4.98. The second kappa shape index (κ2) is 8.42. The molecular formula is C22H25F2N7O3S2. The van der Waals surface area contributed by atoms with Gasteiger partial charge in [-0.2, -0.15) is 0 Å². The molecule has 6 rings (SSSR count). The Morgan fingerprint density at radius 2 is 2.06 bits per heavy atom. The Labute approximate surface area is 210 Å². The highest BCUT2D eigenvalue weighted by atomic mass is 32.2. The number of piperazine rings is 1. The molecule has 1 saturated carbocycles. The molecule has 192 valence electrons. The van der Waals surface area contributed by atoms with Gasteiger partial charge in [0.15, 0.2) is 15.8 Å². The first-order valence-electron chi connectivity index (χ1n) is 11.8. The van der Waals surface area contributed by atoms with Crippen molar-refractivity contribution in [2.75, 3.05) is 24.5 Å². The molecule has 3 fully saturated rings. The van der Waals surface area contributed by atoms with Crippen LogP contribution in [0.15, 0.2) is 23.4 Å². The van der Waals surface area contributed by atoms with E-state index < -0.39 is 27.0 Å². The highest BCUT2D eigenvalue weighted by Crippen LogP contribution is 2.38. The number of fused-ring (bicyclic) bond motifs is 2. The van der Waals surface area contributed by atoms with E-state index in [2.05, 4.69) is 24.8 Å². The van der Waals surface area contributed by atoms with Crippen LogP contribution < -0.4 is 9.62 Å². The standard InChI is InChI=1S/C22H25F2N7O3S2/c1-22(5-6-22)28-36(33,34)14-9-15(29-7-8-30-13(11-29)3-2-4-17(30)32)16-10-25-19(31(16)12-14)21-27-26-20(35-21)18(23)24/h9-10,12-13,18,28H,2-8,11H2,1H3/t13-/m0/s1. The highest BCUT2D eigenvalue weighted by molar-refractivity contribution is 7.89. The minimum atomic E-state index is -3.87. The molecule has 36 heavy (non-hydrogen) atoms. The molecule has 0 bridgehead atoms. The highest BCUT2D eigenvalue weighted by Gasteiger charge is 2.42. The first-order valence-corrected chi connectivity index (χ1v) is 14.1. The van der Waals surface area contributed by atoms with Gasteiger partial charge < -0.3 is 9.80 Å². The van der Waals surface area contributed by atoms with Crippen LogP contribution in [0.2, 0.25) is 0 Å². The van der Waals surface area contributed by atoms with Crippen molar-refractivity contribution in [3.63, 3.8) is 0 Å². The van der Waals surface area contributed by atoms with E-state index in [9.17, 15) is 22.0 Å². The van der Waals surface area contributed by atoms with Crippen LogP contribution in [0.25, 0.3) is 16.3 Å². The number of imidazole rings is 1. The van der Waals surface area contributed by atoms with E-state index in [-0.39, 0.29) is 27.7 Å². The molecule has 3 aliphatic rings. The van der Waals surface area contributed by atoms with E-state index in [1.54, 1.807) is 16.7 Å². The summed E-state index contributed by atoms with van der Waals surface area (Å²) in [6, 6.07) is 1.70. The average Bonchev–Trinajstić information content (AvgIpc) is 3.23. The van der Waals surface area contributed by atoms with Crippen molar-refractivity contribution in [1.82, 2.24) is 29.2 Å². The van der Waals surface area contributed by atoms with Crippen molar-refractivity contribution in [2.24, 2.45) is 0 Å². The average molecular weight is 538 g/mol. The summed E-state index contributed by atoms with van der Waals surface area (Å²) < 4.78 is 57.4. The topological polar surface area (TPSA) is 113 Å². The van der Waals surface area contributed by atoms with Gasteiger partial charge in [0.05, 0.1) is 17.4 Å². The van der Waals surface area contributed by atoms with E-state index in [1.807, 2.05) is 11.8 Å². The number of carbonyl (C=O) groups is 1. The molecule has 1 amide bonds. The van der Waals surface area contributed by atoms with Crippen LogP contribution in [-0.4, -0.2) is 70.0 Å². The molecule has 0 unspecified atom stereocenters. The van der Waals surface area contributed by atoms with Crippen molar-refractivity contribution >= 4 is 38.5 Å². The predicted octanol–water partition coefficient (Wildman–Crippen LogP) is 2.82. The number of alkyl halides is 2. The van der Waals surface area contributed by atoms with E-state index in [0.717, 1.165) is 37.0 Å². The van der Waals surface area contributed by atoms with E-state index in [0.29, 0.717) is 37.3 Å². The summed E-state index contributed by atoms with van der Waals surface area (Å²) >= 11 is 0.725. The third-order valence-corrected chi connectivity index (χ3v) is 9.71. The molecule has 1 N–H and O–H groups in total. The maximum Gasteiger partial charge on any atom is 0.291 e. The van der Waals surface area contributed by atoms with Crippen molar-refractivity contribution < 1.29 is 22.0 Å². The number of nitrogens with one attached hydrogen (secondary N) is 1. The van der Waals surface area contributed by atoms with Gasteiger partial charge in [-0.3, -0.25) is 9.20 Å². The van der Waals surface area contributed by atoms with Crippen LogP contribution >= 0.6 is 11.3 Å². The maximum absolute atomic E-state index is 13.4. The van der Waals surface area contributed by atoms with Crippen LogP contribution in [0.3, 0.4) is 0 Å². The molecule has 3 aromatic heterocycles. The molecule has 14 heteroatoms. The number of hydrogen-bond donors (Lipinski definition) is 1. The first kappa shape index (κ1) is 23.7. The monoisotopic (exact) mass is 537 g/mol. The van der Waals surface area contributed by atoms with E-state index in [4.69, 9.17) is 0 Å². The summed E-state index contributed by atoms with van der Waals surface area (Å²) in [5, 5.41) is 7.19. The summed E-state index contributed by atoms with van der Waals surface area (Å²) in [4.78, 5) is 20.8. The Morgan fingerprint density at radius 1 is 1.25 bits per heavy atom. The minimum absolute atomic E-state index is 0.0538. The summed E-state index contributed by atoms with van der Waals surface area (Å²) in [5.74, 6) is 0.406. The number of halogens is 2. The Bertz CT molecular complexity index is 1450. The SMILES string of the molecule is CC1(NS(=O)(=O)c2cc(N3CCN4C(=O)CCC[C@H]4C3)c3cnc(-c4nnc(C(F)F)s4)n3c2)CC1. The van der Waals surface area contributed by atoms with Gasteiger partial charge >= 0.3 is 0 Å². The number of aromatic nitrogens is 4. The third-order valence-electron chi connectivity index (χ3n) is 7.18. The lowest BCUT2D eigenvalue weighted by atomic mass is 9.98. The van der Waals surface area contributed by atoms with Crippen LogP contribution in [0.4, 0.5) is 14.5 Å². The van der Waals surface area contributed by atoms with Gasteiger partial charge in [0, 0.05) is 43.8 Å². The Balaban J connectivity index is 1.45. The summed E-state index contributed by atoms with van der Waals surface area (Å²) in [6.45, 7) is 3.53. The van der Waals surface area contributed by atoms with Gasteiger partial charge in [0.25, 0.3) is 6.43 Å². The molecule has 0 spiro atoms. The molecule has 1 atom stereocenters. The number of carbonyl (C=O) groups excluding carboxylic acids is 1. The smallest absolute Gasteiger partial charge is 0.291 e. The number of amides is 1. The van der Waals surface area contributed by atoms with Gasteiger partial charge in [0.1, 0.15) is 4.90 Å². The molecular weight excluding hydrogens is 512 g/mol. The summed E-state index contributed by atoms with van der Waals surface area (Å²) in [5.41, 5.74) is 0.824. The number of sulfonamides is 1. The number of piperidine rings is 1. The maximum atomic E-state index is 13.4. The molecule has 3 aromatic rings. The molecule has 1 aliphatic carbocycles. The molecule has 10 nitrogen and oxygen atoms in total. The van der Waals surface area contributed by atoms with Crippen molar-refractivity contribution in [1.29, 1.82) is 0 Å². The van der Waals surface area contributed by atoms with Gasteiger partial charge in [-0.05, 0) is 38.7 Å².